The molecule has 0 aliphatic rings. The van der Waals surface area contributed by atoms with Crippen LogP contribution in [0.1, 0.15) is 5.56 Å². The number of pyridine rings is 1. The second-order valence-electron chi connectivity index (χ2n) is 3.99. The molecular weight excluding hydrogens is 303 g/mol. The SMILES string of the molecule is F[P-](F)(F)(F)(F)F.c1ccc(C[n+]2ccccc2)cc1. The van der Waals surface area contributed by atoms with E-state index in [1.807, 2.05) is 24.3 Å². The largest absolute Gasteiger partial charge is 0.201 e. The first-order chi connectivity index (χ1) is 8.90. The van der Waals surface area contributed by atoms with Crippen molar-refractivity contribution in [2.45, 2.75) is 6.54 Å². The summed E-state index contributed by atoms with van der Waals surface area (Å²) < 4.78 is 61.4. The van der Waals surface area contributed by atoms with Gasteiger partial charge in [0, 0.05) is 17.7 Å². The van der Waals surface area contributed by atoms with Gasteiger partial charge in [-0.1, -0.05) is 36.4 Å². The van der Waals surface area contributed by atoms with Crippen LogP contribution >= 0.6 is 7.81 Å². The summed E-state index contributed by atoms with van der Waals surface area (Å²) in [6.45, 7) is 0.946. The maximum atomic E-state index is 9.87. The molecule has 0 bridgehead atoms. The fourth-order valence-corrected chi connectivity index (χ4v) is 1.33. The number of rotatable bonds is 2. The summed E-state index contributed by atoms with van der Waals surface area (Å²) in [4.78, 5) is 0. The van der Waals surface area contributed by atoms with Gasteiger partial charge in [0.15, 0.2) is 18.9 Å². The summed E-state index contributed by atoms with van der Waals surface area (Å²) in [5.41, 5.74) is 1.33. The standard InChI is InChI=1S/C12H12N.F6P/c1-3-7-12(8-4-1)11-13-9-5-2-6-10-13;1-7(2,3,4,5)6/h1-10H,11H2;/q+1;-1. The Labute approximate surface area is 111 Å². The molecule has 1 aromatic heterocycles. The van der Waals surface area contributed by atoms with Crippen LogP contribution < -0.4 is 4.57 Å². The van der Waals surface area contributed by atoms with E-state index in [4.69, 9.17) is 0 Å². The molecule has 1 heterocycles. The molecule has 0 unspecified atom stereocenters. The van der Waals surface area contributed by atoms with Crippen LogP contribution in [0.25, 0.3) is 0 Å². The summed E-state index contributed by atoms with van der Waals surface area (Å²) in [5, 5.41) is 0. The van der Waals surface area contributed by atoms with Crippen LogP contribution in [0.5, 0.6) is 0 Å². The minimum atomic E-state index is -10.7. The maximum Gasteiger partial charge on any atom is 0.173 e. The number of hydrogen-bond acceptors (Lipinski definition) is 0. The summed E-state index contributed by atoms with van der Waals surface area (Å²) in [6, 6.07) is 16.6. The minimum Gasteiger partial charge on any atom is -0.201 e. The minimum absolute atomic E-state index is 0.946. The Kier molecular flexibility index (Phi) is 4.15. The van der Waals surface area contributed by atoms with Gasteiger partial charge in [-0.25, -0.2) is 4.57 Å². The molecule has 1 nitrogen and oxygen atoms in total. The summed E-state index contributed by atoms with van der Waals surface area (Å²) in [7, 11) is -10.7. The van der Waals surface area contributed by atoms with Crippen molar-refractivity contribution in [3.05, 3.63) is 66.5 Å². The van der Waals surface area contributed by atoms with Crippen molar-refractivity contribution in [2.75, 3.05) is 0 Å². The van der Waals surface area contributed by atoms with Crippen molar-refractivity contribution < 1.29 is 29.7 Å². The quantitative estimate of drug-likeness (QED) is 0.396. The number of aromatic nitrogens is 1. The molecule has 0 saturated carbocycles. The molecule has 0 aliphatic carbocycles. The number of halogens is 6. The zero-order valence-electron chi connectivity index (χ0n) is 10.1. The topological polar surface area (TPSA) is 3.88 Å². The number of nitrogens with zero attached hydrogens (tertiary/aromatic N) is 1. The van der Waals surface area contributed by atoms with Gasteiger partial charge < -0.3 is 0 Å². The molecule has 2 rings (SSSR count). The van der Waals surface area contributed by atoms with Gasteiger partial charge in [-0.15, -0.1) is 0 Å². The van der Waals surface area contributed by atoms with Crippen LogP contribution in [0.15, 0.2) is 60.9 Å². The third kappa shape index (κ3) is 11.5. The van der Waals surface area contributed by atoms with Gasteiger partial charge >= 0.3 is 33.0 Å². The Bertz CT molecular complexity index is 489. The Balaban J connectivity index is 0.000000246. The molecule has 20 heavy (non-hydrogen) atoms. The predicted molar refractivity (Wildman–Crippen MR) is 65.7 cm³/mol. The molecule has 0 atom stereocenters. The monoisotopic (exact) mass is 315 g/mol. The van der Waals surface area contributed by atoms with Crippen molar-refractivity contribution >= 4 is 7.81 Å². The Morgan fingerprint density at radius 2 is 1.10 bits per heavy atom. The van der Waals surface area contributed by atoms with E-state index in [1.165, 1.54) is 5.56 Å². The molecule has 0 N–H and O–H groups in total. The molecular formula is C12H12F6NP. The zero-order valence-corrected chi connectivity index (χ0v) is 11.0. The molecule has 0 radical (unpaired) electrons. The number of hydrogen-bond donors (Lipinski definition) is 0. The van der Waals surface area contributed by atoms with Crippen molar-refractivity contribution in [1.29, 1.82) is 0 Å². The molecule has 112 valence electrons. The molecule has 0 fully saturated rings. The van der Waals surface area contributed by atoms with E-state index >= 15 is 0 Å². The normalized spacial score (nSPS) is 14.5. The third-order valence-corrected chi connectivity index (χ3v) is 1.99. The summed E-state index contributed by atoms with van der Waals surface area (Å²) in [5.74, 6) is 0. The van der Waals surface area contributed by atoms with Gasteiger partial charge in [-0.2, -0.15) is 0 Å². The molecule has 0 aliphatic heterocycles. The zero-order chi connectivity index (χ0) is 15.3. The number of benzene rings is 1. The first-order valence-corrected chi connectivity index (χ1v) is 7.47. The average molecular weight is 315 g/mol. The van der Waals surface area contributed by atoms with E-state index in [1.54, 1.807) is 0 Å². The first-order valence-electron chi connectivity index (χ1n) is 5.44. The maximum absolute atomic E-state index is 10.7. The van der Waals surface area contributed by atoms with Crippen molar-refractivity contribution in [3.63, 3.8) is 0 Å². The van der Waals surface area contributed by atoms with E-state index in [9.17, 15) is 25.2 Å². The molecule has 2 aromatic rings. The third-order valence-electron chi connectivity index (χ3n) is 1.99. The van der Waals surface area contributed by atoms with Gasteiger partial charge in [0.1, 0.15) is 0 Å². The van der Waals surface area contributed by atoms with E-state index in [0.717, 1.165) is 6.54 Å². The Morgan fingerprint density at radius 1 is 0.700 bits per heavy atom. The Hall–Kier alpha value is -1.62. The van der Waals surface area contributed by atoms with Crippen LogP contribution in [0, 0.1) is 0 Å². The molecule has 0 saturated heterocycles. The van der Waals surface area contributed by atoms with Crippen LogP contribution in [0.3, 0.4) is 0 Å². The smallest absolute Gasteiger partial charge is 0.173 e. The Morgan fingerprint density at radius 3 is 1.55 bits per heavy atom. The second-order valence-corrected chi connectivity index (χ2v) is 5.91. The van der Waals surface area contributed by atoms with Crippen LogP contribution in [0.2, 0.25) is 0 Å². The van der Waals surface area contributed by atoms with E-state index in [2.05, 4.69) is 41.2 Å². The second kappa shape index (κ2) is 5.05. The predicted octanol–water partition coefficient (Wildman–Crippen LogP) is 5.40. The first kappa shape index (κ1) is 16.4. The molecule has 0 amide bonds. The molecule has 1 aromatic carbocycles. The van der Waals surface area contributed by atoms with E-state index < -0.39 is 7.81 Å². The average Bonchev–Trinajstić information content (AvgIpc) is 2.27. The summed E-state index contributed by atoms with van der Waals surface area (Å²) in [6.07, 6.45) is 4.15. The van der Waals surface area contributed by atoms with Crippen LogP contribution in [-0.4, -0.2) is 0 Å². The van der Waals surface area contributed by atoms with Gasteiger partial charge in [0.25, 0.3) is 0 Å². The van der Waals surface area contributed by atoms with Gasteiger partial charge in [0.05, 0.1) is 0 Å². The molecule has 8 heteroatoms. The summed E-state index contributed by atoms with van der Waals surface area (Å²) >= 11 is 0. The van der Waals surface area contributed by atoms with Crippen LogP contribution in [-0.2, 0) is 6.54 Å². The van der Waals surface area contributed by atoms with Crippen molar-refractivity contribution in [1.82, 2.24) is 0 Å². The van der Waals surface area contributed by atoms with E-state index in [0.29, 0.717) is 0 Å². The van der Waals surface area contributed by atoms with Gasteiger partial charge in [0.2, 0.25) is 0 Å². The van der Waals surface area contributed by atoms with Gasteiger partial charge in [-0.05, 0) is 0 Å². The van der Waals surface area contributed by atoms with Crippen LogP contribution in [0.4, 0.5) is 25.2 Å². The fourth-order valence-electron chi connectivity index (χ4n) is 1.33. The molecule has 0 spiro atoms. The fraction of sp³-hybridized carbons (Fsp3) is 0.0833. The van der Waals surface area contributed by atoms with Crippen molar-refractivity contribution in [3.8, 4) is 0 Å². The van der Waals surface area contributed by atoms with Gasteiger partial charge in [-0.3, -0.25) is 0 Å². The van der Waals surface area contributed by atoms with E-state index in [-0.39, 0.29) is 0 Å². The van der Waals surface area contributed by atoms with Crippen molar-refractivity contribution in [2.24, 2.45) is 0 Å².